The largest absolute Gasteiger partial charge is 0.322 e. The first kappa shape index (κ1) is 15.8. The summed E-state index contributed by atoms with van der Waals surface area (Å²) in [6.45, 7) is 11.1. The van der Waals surface area contributed by atoms with E-state index in [2.05, 4.69) is 49.9 Å². The van der Waals surface area contributed by atoms with Crippen LogP contribution in [-0.4, -0.2) is 54.1 Å². The molecule has 4 nitrogen and oxygen atoms in total. The quantitative estimate of drug-likeness (QED) is 0.855. The molecule has 116 valence electrons. The molecule has 0 spiro atoms. The topological polar surface area (TPSA) is 35.6 Å². The lowest BCUT2D eigenvalue weighted by Crippen LogP contribution is -2.53. The summed E-state index contributed by atoms with van der Waals surface area (Å²) in [5.74, 6) is 1.50. The molecule has 4 atom stereocenters. The highest BCUT2D eigenvalue weighted by Gasteiger charge is 2.44. The molecular formula is C16H31N3O. The van der Waals surface area contributed by atoms with Crippen LogP contribution in [0, 0.1) is 11.8 Å². The van der Waals surface area contributed by atoms with Crippen molar-refractivity contribution in [1.29, 1.82) is 0 Å². The van der Waals surface area contributed by atoms with Gasteiger partial charge in [0.05, 0.1) is 12.2 Å². The third-order valence-corrected chi connectivity index (χ3v) is 4.81. The fourth-order valence-corrected chi connectivity index (χ4v) is 3.79. The van der Waals surface area contributed by atoms with Gasteiger partial charge in [-0.2, -0.15) is 0 Å². The highest BCUT2D eigenvalue weighted by molar-refractivity contribution is 5.84. The van der Waals surface area contributed by atoms with Gasteiger partial charge in [-0.15, -0.1) is 0 Å². The maximum Gasteiger partial charge on any atom is 0.241 e. The van der Waals surface area contributed by atoms with E-state index in [1.54, 1.807) is 0 Å². The molecule has 4 unspecified atom stereocenters. The molecule has 2 aliphatic rings. The van der Waals surface area contributed by atoms with E-state index in [9.17, 15) is 4.79 Å². The van der Waals surface area contributed by atoms with Gasteiger partial charge in [-0.25, -0.2) is 0 Å². The zero-order chi connectivity index (χ0) is 14.9. The minimum Gasteiger partial charge on any atom is -0.322 e. The van der Waals surface area contributed by atoms with E-state index < -0.39 is 0 Å². The summed E-state index contributed by atoms with van der Waals surface area (Å²) in [4.78, 5) is 17.3. The first-order valence-electron chi connectivity index (χ1n) is 8.20. The van der Waals surface area contributed by atoms with Gasteiger partial charge in [0, 0.05) is 12.6 Å². The summed E-state index contributed by atoms with van der Waals surface area (Å²) in [7, 11) is 2.18. The number of hydrogen-bond donors (Lipinski definition) is 1. The number of nitrogens with zero attached hydrogens (tertiary/aromatic N) is 2. The molecule has 4 heteroatoms. The molecule has 0 aromatic heterocycles. The van der Waals surface area contributed by atoms with E-state index >= 15 is 0 Å². The summed E-state index contributed by atoms with van der Waals surface area (Å²) >= 11 is 0. The van der Waals surface area contributed by atoms with Crippen molar-refractivity contribution in [1.82, 2.24) is 15.1 Å². The lowest BCUT2D eigenvalue weighted by molar-refractivity contribution is -0.134. The average molecular weight is 281 g/mol. The monoisotopic (exact) mass is 281 g/mol. The molecule has 0 saturated carbocycles. The summed E-state index contributed by atoms with van der Waals surface area (Å²) < 4.78 is 0. The maximum atomic E-state index is 12.7. The van der Waals surface area contributed by atoms with Crippen LogP contribution >= 0.6 is 0 Å². The molecule has 2 heterocycles. The second-order valence-electron chi connectivity index (χ2n) is 7.11. The maximum absolute atomic E-state index is 12.7. The van der Waals surface area contributed by atoms with Crippen molar-refractivity contribution < 1.29 is 4.79 Å². The van der Waals surface area contributed by atoms with Crippen molar-refractivity contribution in [2.24, 2.45) is 11.8 Å². The molecule has 20 heavy (non-hydrogen) atoms. The van der Waals surface area contributed by atoms with E-state index in [1.165, 1.54) is 0 Å². The summed E-state index contributed by atoms with van der Waals surface area (Å²) in [6.07, 6.45) is 3.30. The Morgan fingerprint density at radius 2 is 2.10 bits per heavy atom. The second kappa shape index (κ2) is 6.44. The molecule has 0 radical (unpaired) electrons. The van der Waals surface area contributed by atoms with Gasteiger partial charge in [-0.1, -0.05) is 27.7 Å². The van der Waals surface area contributed by atoms with Gasteiger partial charge in [0.1, 0.15) is 0 Å². The molecule has 1 N–H and O–H groups in total. The summed E-state index contributed by atoms with van der Waals surface area (Å²) in [5, 5.41) is 3.56. The van der Waals surface area contributed by atoms with E-state index in [0.29, 0.717) is 23.8 Å². The Bertz CT molecular complexity index is 345. The van der Waals surface area contributed by atoms with Crippen LogP contribution in [0.3, 0.4) is 0 Å². The van der Waals surface area contributed by atoms with Crippen molar-refractivity contribution in [2.45, 2.75) is 65.2 Å². The predicted octanol–water partition coefficient (Wildman–Crippen LogP) is 1.91. The normalized spacial score (nSPS) is 36.1. The number of piperidine rings is 1. The van der Waals surface area contributed by atoms with Crippen LogP contribution in [0.15, 0.2) is 0 Å². The molecule has 2 aliphatic heterocycles. The number of carbonyl (C=O) groups is 1. The van der Waals surface area contributed by atoms with E-state index in [-0.39, 0.29) is 12.2 Å². The van der Waals surface area contributed by atoms with E-state index in [1.807, 2.05) is 0 Å². The molecule has 0 aromatic rings. The summed E-state index contributed by atoms with van der Waals surface area (Å²) in [5.41, 5.74) is 0. The Morgan fingerprint density at radius 1 is 1.40 bits per heavy atom. The minimum atomic E-state index is 0.0330. The van der Waals surface area contributed by atoms with Crippen LogP contribution < -0.4 is 5.32 Å². The molecule has 0 aromatic carbocycles. The van der Waals surface area contributed by atoms with Crippen molar-refractivity contribution >= 4 is 5.91 Å². The fourth-order valence-electron chi connectivity index (χ4n) is 3.79. The zero-order valence-electron chi connectivity index (χ0n) is 13.7. The SMILES string of the molecule is CCC1NC(CC(C)C)N(C2CCN(C)CC2C)C1=O. The Hall–Kier alpha value is -0.610. The molecule has 2 rings (SSSR count). The Labute approximate surface area is 123 Å². The van der Waals surface area contributed by atoms with Crippen molar-refractivity contribution in [3.05, 3.63) is 0 Å². The minimum absolute atomic E-state index is 0.0330. The Morgan fingerprint density at radius 3 is 2.65 bits per heavy atom. The van der Waals surface area contributed by atoms with Crippen LogP contribution in [0.5, 0.6) is 0 Å². The molecule has 0 bridgehead atoms. The second-order valence-corrected chi connectivity index (χ2v) is 7.11. The Kier molecular flexibility index (Phi) is 5.08. The smallest absolute Gasteiger partial charge is 0.241 e. The lowest BCUT2D eigenvalue weighted by atomic mass is 9.91. The van der Waals surface area contributed by atoms with E-state index in [0.717, 1.165) is 32.4 Å². The third-order valence-electron chi connectivity index (χ3n) is 4.81. The molecule has 0 aliphatic carbocycles. The fraction of sp³-hybridized carbons (Fsp3) is 0.938. The van der Waals surface area contributed by atoms with Crippen LogP contribution in [0.2, 0.25) is 0 Å². The highest BCUT2D eigenvalue weighted by Crippen LogP contribution is 2.29. The third kappa shape index (κ3) is 3.17. The van der Waals surface area contributed by atoms with Crippen molar-refractivity contribution in [2.75, 3.05) is 20.1 Å². The zero-order valence-corrected chi connectivity index (χ0v) is 13.7. The first-order valence-corrected chi connectivity index (χ1v) is 8.20. The predicted molar refractivity (Wildman–Crippen MR) is 82.4 cm³/mol. The van der Waals surface area contributed by atoms with Crippen LogP contribution in [0.1, 0.15) is 47.0 Å². The van der Waals surface area contributed by atoms with Crippen molar-refractivity contribution in [3.8, 4) is 0 Å². The van der Waals surface area contributed by atoms with Gasteiger partial charge in [0.15, 0.2) is 0 Å². The first-order chi connectivity index (χ1) is 9.43. The molecular weight excluding hydrogens is 250 g/mol. The molecule has 2 saturated heterocycles. The Balaban J connectivity index is 2.14. The van der Waals surface area contributed by atoms with Crippen LogP contribution in [0.25, 0.3) is 0 Å². The molecule has 1 amide bonds. The number of rotatable bonds is 4. The van der Waals surface area contributed by atoms with Gasteiger partial charge < -0.3 is 9.80 Å². The van der Waals surface area contributed by atoms with Gasteiger partial charge in [-0.05, 0) is 44.7 Å². The standard InChI is InChI=1S/C16H31N3O/c1-6-13-16(20)19(15(17-13)9-11(2)3)14-7-8-18(5)10-12(14)4/h11-15,17H,6-10H2,1-5H3. The van der Waals surface area contributed by atoms with Gasteiger partial charge in [0.25, 0.3) is 0 Å². The number of amides is 1. The van der Waals surface area contributed by atoms with Crippen LogP contribution in [0.4, 0.5) is 0 Å². The van der Waals surface area contributed by atoms with Gasteiger partial charge in [0.2, 0.25) is 5.91 Å². The van der Waals surface area contributed by atoms with Gasteiger partial charge >= 0.3 is 0 Å². The molecule has 2 fully saturated rings. The number of carbonyl (C=O) groups excluding carboxylic acids is 1. The van der Waals surface area contributed by atoms with Gasteiger partial charge in [-0.3, -0.25) is 10.1 Å². The average Bonchev–Trinajstić information content (AvgIpc) is 2.66. The van der Waals surface area contributed by atoms with Crippen molar-refractivity contribution in [3.63, 3.8) is 0 Å². The lowest BCUT2D eigenvalue weighted by Gasteiger charge is -2.42. The van der Waals surface area contributed by atoms with E-state index in [4.69, 9.17) is 0 Å². The number of hydrogen-bond acceptors (Lipinski definition) is 3. The number of nitrogens with one attached hydrogen (secondary N) is 1. The van der Waals surface area contributed by atoms with Crippen LogP contribution in [-0.2, 0) is 4.79 Å². The number of likely N-dealkylation sites (tertiary alicyclic amines) is 1. The summed E-state index contributed by atoms with van der Waals surface area (Å²) in [6, 6.07) is 0.442. The highest BCUT2D eigenvalue weighted by atomic mass is 16.2.